The van der Waals surface area contributed by atoms with E-state index in [0.29, 0.717) is 36.8 Å². The molecule has 2 N–H and O–H groups in total. The molecular formula is C16H22N2O5. The smallest absolute Gasteiger partial charge is 0.228 e. The van der Waals surface area contributed by atoms with Gasteiger partial charge in [0, 0.05) is 19.7 Å². The second-order valence-corrected chi connectivity index (χ2v) is 5.29. The normalized spacial score (nSPS) is 18.9. The lowest BCUT2D eigenvalue weighted by atomic mass is 10.2. The number of hydrogen-bond acceptors (Lipinski definition) is 5. The second-order valence-electron chi connectivity index (χ2n) is 5.29. The van der Waals surface area contributed by atoms with Crippen molar-refractivity contribution in [3.8, 4) is 11.5 Å². The average molecular weight is 322 g/mol. The van der Waals surface area contributed by atoms with Gasteiger partial charge in [-0.25, -0.2) is 0 Å². The van der Waals surface area contributed by atoms with Gasteiger partial charge >= 0.3 is 0 Å². The van der Waals surface area contributed by atoms with Crippen LogP contribution >= 0.6 is 0 Å². The summed E-state index contributed by atoms with van der Waals surface area (Å²) in [5.41, 5.74) is 0.559. The molecule has 1 fully saturated rings. The minimum absolute atomic E-state index is 0.108. The van der Waals surface area contributed by atoms with Gasteiger partial charge in [0.1, 0.15) is 11.5 Å². The van der Waals surface area contributed by atoms with Crippen molar-refractivity contribution in [2.24, 2.45) is 11.8 Å². The lowest BCUT2D eigenvalue weighted by molar-refractivity contribution is -0.125. The molecule has 2 atom stereocenters. The van der Waals surface area contributed by atoms with Crippen molar-refractivity contribution in [2.45, 2.75) is 6.42 Å². The summed E-state index contributed by atoms with van der Waals surface area (Å²) in [4.78, 5) is 24.1. The largest absolute Gasteiger partial charge is 0.497 e. The van der Waals surface area contributed by atoms with E-state index in [-0.39, 0.29) is 23.7 Å². The van der Waals surface area contributed by atoms with Gasteiger partial charge in [-0.05, 0) is 18.6 Å². The molecule has 1 aromatic carbocycles. The highest BCUT2D eigenvalue weighted by atomic mass is 16.5. The fourth-order valence-electron chi connectivity index (χ4n) is 2.31. The Morgan fingerprint density at radius 3 is 2.52 bits per heavy atom. The molecule has 2 unspecified atom stereocenters. The Morgan fingerprint density at radius 2 is 1.87 bits per heavy atom. The predicted octanol–water partition coefficient (Wildman–Crippen LogP) is 1.04. The number of nitrogens with one attached hydrogen (secondary N) is 2. The zero-order chi connectivity index (χ0) is 16.8. The van der Waals surface area contributed by atoms with Gasteiger partial charge in [-0.3, -0.25) is 9.59 Å². The number of hydrogen-bond donors (Lipinski definition) is 2. The van der Waals surface area contributed by atoms with Crippen molar-refractivity contribution in [1.82, 2.24) is 5.32 Å². The second kappa shape index (κ2) is 7.82. The van der Waals surface area contributed by atoms with Crippen LogP contribution in [0.3, 0.4) is 0 Å². The molecule has 0 aliphatic heterocycles. The monoisotopic (exact) mass is 322 g/mol. The molecule has 0 saturated heterocycles. The number of benzene rings is 1. The summed E-state index contributed by atoms with van der Waals surface area (Å²) >= 11 is 0. The highest BCUT2D eigenvalue weighted by molar-refractivity contribution is 6.00. The van der Waals surface area contributed by atoms with E-state index in [1.54, 1.807) is 32.4 Å². The van der Waals surface area contributed by atoms with Gasteiger partial charge in [-0.1, -0.05) is 0 Å². The number of carbonyl (C=O) groups is 2. The van der Waals surface area contributed by atoms with E-state index in [1.165, 1.54) is 7.11 Å². The molecule has 0 heterocycles. The lowest BCUT2D eigenvalue weighted by Crippen LogP contribution is -2.30. The van der Waals surface area contributed by atoms with E-state index in [1.807, 2.05) is 0 Å². The third-order valence-electron chi connectivity index (χ3n) is 3.74. The number of carbonyl (C=O) groups excluding carboxylic acids is 2. The van der Waals surface area contributed by atoms with Crippen molar-refractivity contribution in [2.75, 3.05) is 39.8 Å². The van der Waals surface area contributed by atoms with Crippen LogP contribution in [0.2, 0.25) is 0 Å². The van der Waals surface area contributed by atoms with Crippen LogP contribution in [-0.2, 0) is 14.3 Å². The summed E-state index contributed by atoms with van der Waals surface area (Å²) in [7, 11) is 4.65. The standard InChI is InChI=1S/C16H22N2O5/c1-21-7-6-17-15(19)11-9-12(11)16(20)18-13-5-4-10(22-2)8-14(13)23-3/h4-5,8,11-12H,6-7,9H2,1-3H3,(H,17,19)(H,18,20). The van der Waals surface area contributed by atoms with Crippen LogP contribution in [0.5, 0.6) is 11.5 Å². The maximum atomic E-state index is 12.2. The first kappa shape index (κ1) is 17.1. The summed E-state index contributed by atoms with van der Waals surface area (Å²) in [5, 5.41) is 5.55. The Morgan fingerprint density at radius 1 is 1.13 bits per heavy atom. The first-order valence-corrected chi connectivity index (χ1v) is 7.40. The molecule has 1 aliphatic carbocycles. The molecule has 0 radical (unpaired) electrons. The van der Waals surface area contributed by atoms with Gasteiger partial charge in [-0.2, -0.15) is 0 Å². The van der Waals surface area contributed by atoms with Crippen molar-refractivity contribution < 1.29 is 23.8 Å². The molecule has 23 heavy (non-hydrogen) atoms. The molecule has 7 nitrogen and oxygen atoms in total. The van der Waals surface area contributed by atoms with Crippen LogP contribution in [0, 0.1) is 11.8 Å². The van der Waals surface area contributed by atoms with E-state index in [0.717, 1.165) is 0 Å². The van der Waals surface area contributed by atoms with Gasteiger partial charge in [-0.15, -0.1) is 0 Å². The molecule has 0 bridgehead atoms. The summed E-state index contributed by atoms with van der Waals surface area (Å²) in [5.74, 6) is 0.297. The first-order chi connectivity index (χ1) is 11.1. The van der Waals surface area contributed by atoms with Crippen LogP contribution in [0.1, 0.15) is 6.42 Å². The van der Waals surface area contributed by atoms with Gasteiger partial charge < -0.3 is 24.8 Å². The highest BCUT2D eigenvalue weighted by Gasteiger charge is 2.48. The summed E-state index contributed by atoms with van der Waals surface area (Å²) in [6, 6.07) is 5.14. The van der Waals surface area contributed by atoms with Crippen molar-refractivity contribution in [1.29, 1.82) is 0 Å². The van der Waals surface area contributed by atoms with Crippen LogP contribution in [0.25, 0.3) is 0 Å². The third-order valence-corrected chi connectivity index (χ3v) is 3.74. The van der Waals surface area contributed by atoms with Gasteiger partial charge in [0.05, 0.1) is 38.3 Å². The Kier molecular flexibility index (Phi) is 5.81. The number of ether oxygens (including phenoxy) is 3. The fourth-order valence-corrected chi connectivity index (χ4v) is 2.31. The summed E-state index contributed by atoms with van der Waals surface area (Å²) in [6.07, 6.45) is 0.559. The van der Waals surface area contributed by atoms with Crippen molar-refractivity contribution in [3.63, 3.8) is 0 Å². The SMILES string of the molecule is COCCNC(=O)C1CC1C(=O)Nc1ccc(OC)cc1OC. The summed E-state index contributed by atoms with van der Waals surface area (Å²) < 4.78 is 15.2. The molecule has 2 amide bonds. The zero-order valence-corrected chi connectivity index (χ0v) is 13.5. The minimum atomic E-state index is -0.302. The van der Waals surface area contributed by atoms with Crippen LogP contribution in [-0.4, -0.2) is 46.3 Å². The molecule has 1 saturated carbocycles. The van der Waals surface area contributed by atoms with Gasteiger partial charge in [0.25, 0.3) is 0 Å². The quantitative estimate of drug-likeness (QED) is 0.699. The molecule has 0 spiro atoms. The van der Waals surface area contributed by atoms with E-state index >= 15 is 0 Å². The maximum absolute atomic E-state index is 12.2. The van der Waals surface area contributed by atoms with E-state index in [2.05, 4.69) is 10.6 Å². The highest BCUT2D eigenvalue weighted by Crippen LogP contribution is 2.40. The Hall–Kier alpha value is -2.28. The molecular weight excluding hydrogens is 300 g/mol. The minimum Gasteiger partial charge on any atom is -0.497 e. The number of amides is 2. The maximum Gasteiger partial charge on any atom is 0.228 e. The molecule has 1 aliphatic rings. The molecule has 0 aromatic heterocycles. The fraction of sp³-hybridized carbons (Fsp3) is 0.500. The van der Waals surface area contributed by atoms with Crippen LogP contribution in [0.4, 0.5) is 5.69 Å². The van der Waals surface area contributed by atoms with Crippen LogP contribution < -0.4 is 20.1 Å². The van der Waals surface area contributed by atoms with Gasteiger partial charge in [0.2, 0.25) is 11.8 Å². The molecule has 126 valence electrons. The van der Waals surface area contributed by atoms with E-state index in [9.17, 15) is 9.59 Å². The van der Waals surface area contributed by atoms with Gasteiger partial charge in [0.15, 0.2) is 0 Å². The molecule has 2 rings (SSSR count). The number of methoxy groups -OCH3 is 3. The van der Waals surface area contributed by atoms with E-state index < -0.39 is 0 Å². The molecule has 1 aromatic rings. The lowest BCUT2D eigenvalue weighted by Gasteiger charge is -2.11. The third kappa shape index (κ3) is 4.35. The zero-order valence-electron chi connectivity index (χ0n) is 13.5. The van der Waals surface area contributed by atoms with Crippen LogP contribution in [0.15, 0.2) is 18.2 Å². The number of anilines is 1. The Bertz CT molecular complexity index is 576. The average Bonchev–Trinajstić information content (AvgIpc) is 3.36. The Balaban J connectivity index is 1.90. The molecule has 7 heteroatoms. The van der Waals surface area contributed by atoms with Crippen molar-refractivity contribution >= 4 is 17.5 Å². The Labute approximate surface area is 135 Å². The predicted molar refractivity (Wildman–Crippen MR) is 84.7 cm³/mol. The van der Waals surface area contributed by atoms with E-state index in [4.69, 9.17) is 14.2 Å². The summed E-state index contributed by atoms with van der Waals surface area (Å²) in [6.45, 7) is 0.908. The topological polar surface area (TPSA) is 85.9 Å². The number of rotatable bonds is 8. The first-order valence-electron chi connectivity index (χ1n) is 7.40. The van der Waals surface area contributed by atoms with Crippen molar-refractivity contribution in [3.05, 3.63) is 18.2 Å².